The second kappa shape index (κ2) is 7.80. The van der Waals surface area contributed by atoms with Crippen LogP contribution in [0.5, 0.6) is 0 Å². The Morgan fingerprint density at radius 1 is 1.33 bits per heavy atom. The van der Waals surface area contributed by atoms with Crippen LogP contribution in [0.25, 0.3) is 0 Å². The molecule has 1 aliphatic heterocycles. The van der Waals surface area contributed by atoms with Crippen molar-refractivity contribution in [2.45, 2.75) is 44.1 Å². The minimum absolute atomic E-state index is 0.0381. The first-order valence-corrected chi connectivity index (χ1v) is 10.1. The number of aryl methyl sites for hydroxylation is 2. The van der Waals surface area contributed by atoms with E-state index in [4.69, 9.17) is 0 Å². The van der Waals surface area contributed by atoms with Crippen LogP contribution in [0, 0.1) is 24.2 Å². The van der Waals surface area contributed by atoms with E-state index in [2.05, 4.69) is 36.7 Å². The highest BCUT2D eigenvalue weighted by Gasteiger charge is 2.45. The monoisotopic (exact) mass is 416 g/mol. The van der Waals surface area contributed by atoms with Crippen molar-refractivity contribution in [1.29, 1.82) is 5.26 Å². The highest BCUT2D eigenvalue weighted by Crippen LogP contribution is 2.39. The Labute approximate surface area is 174 Å². The number of alkyl halides is 2. The van der Waals surface area contributed by atoms with Crippen LogP contribution in [0.3, 0.4) is 0 Å². The second-order valence-corrected chi connectivity index (χ2v) is 8.54. The summed E-state index contributed by atoms with van der Waals surface area (Å²) >= 11 is 0. The summed E-state index contributed by atoms with van der Waals surface area (Å²) in [6.07, 6.45) is 6.05. The van der Waals surface area contributed by atoms with Crippen LogP contribution in [0.1, 0.15) is 31.2 Å². The Hall–Kier alpha value is -2.80. The third kappa shape index (κ3) is 4.36. The largest absolute Gasteiger partial charge is 0.352 e. The van der Waals surface area contributed by atoms with Crippen LogP contribution in [0.15, 0.2) is 18.6 Å². The number of nitriles is 1. The molecule has 1 aliphatic carbocycles. The lowest BCUT2D eigenvalue weighted by Crippen LogP contribution is -2.70. The summed E-state index contributed by atoms with van der Waals surface area (Å²) in [5.74, 6) is -1.31. The maximum Gasteiger partial charge on any atom is 0.248 e. The smallest absolute Gasteiger partial charge is 0.248 e. The zero-order valence-electron chi connectivity index (χ0n) is 17.2. The van der Waals surface area contributed by atoms with Gasteiger partial charge in [0.05, 0.1) is 29.9 Å². The number of nitrogens with one attached hydrogen (secondary N) is 2. The number of hydrogen-bond acceptors (Lipinski definition) is 7. The highest BCUT2D eigenvalue weighted by atomic mass is 19.3. The fourth-order valence-electron chi connectivity index (χ4n) is 4.28. The quantitative estimate of drug-likeness (QED) is 0.717. The molecule has 2 N–H and O–H groups in total. The van der Waals surface area contributed by atoms with Crippen molar-refractivity contribution in [2.24, 2.45) is 13.0 Å². The van der Waals surface area contributed by atoms with Gasteiger partial charge in [0.1, 0.15) is 5.82 Å². The van der Waals surface area contributed by atoms with Gasteiger partial charge in [0, 0.05) is 50.9 Å². The molecule has 0 amide bonds. The Balaban J connectivity index is 1.40. The van der Waals surface area contributed by atoms with Gasteiger partial charge in [-0.2, -0.15) is 15.3 Å². The van der Waals surface area contributed by atoms with Gasteiger partial charge in [-0.05, 0) is 25.8 Å². The van der Waals surface area contributed by atoms with Crippen molar-refractivity contribution in [3.63, 3.8) is 0 Å². The van der Waals surface area contributed by atoms with E-state index < -0.39 is 5.92 Å². The van der Waals surface area contributed by atoms with Crippen molar-refractivity contribution in [3.05, 3.63) is 24.2 Å². The molecule has 1 saturated carbocycles. The minimum Gasteiger partial charge on any atom is -0.352 e. The molecule has 3 heterocycles. The highest BCUT2D eigenvalue weighted by molar-refractivity contribution is 5.57. The first-order valence-electron chi connectivity index (χ1n) is 10.1. The predicted molar refractivity (Wildman–Crippen MR) is 109 cm³/mol. The van der Waals surface area contributed by atoms with Gasteiger partial charge in [0.25, 0.3) is 0 Å². The van der Waals surface area contributed by atoms with Gasteiger partial charge in [-0.1, -0.05) is 0 Å². The lowest BCUT2D eigenvalue weighted by Gasteiger charge is -2.51. The maximum atomic E-state index is 13.5. The number of hydrogen-bond donors (Lipinski definition) is 2. The number of nitrogens with zero attached hydrogens (tertiary/aromatic N) is 6. The van der Waals surface area contributed by atoms with E-state index in [0.717, 1.165) is 17.1 Å². The van der Waals surface area contributed by atoms with Crippen LogP contribution in [-0.4, -0.2) is 50.8 Å². The molecule has 1 saturated heterocycles. The summed E-state index contributed by atoms with van der Waals surface area (Å²) in [6, 6.07) is 2.24. The van der Waals surface area contributed by atoms with E-state index in [1.54, 1.807) is 17.1 Å². The summed E-state index contributed by atoms with van der Waals surface area (Å²) < 4.78 is 28.6. The minimum atomic E-state index is -2.55. The van der Waals surface area contributed by atoms with Crippen LogP contribution in [-0.2, 0) is 7.05 Å². The molecule has 0 aromatic carbocycles. The van der Waals surface area contributed by atoms with Crippen molar-refractivity contribution >= 4 is 17.5 Å². The first kappa shape index (κ1) is 20.5. The van der Waals surface area contributed by atoms with E-state index >= 15 is 0 Å². The fraction of sp³-hybridized carbons (Fsp3) is 0.600. The maximum absolute atomic E-state index is 13.5. The fourth-order valence-corrected chi connectivity index (χ4v) is 4.28. The van der Waals surface area contributed by atoms with Gasteiger partial charge in [-0.25, -0.2) is 13.8 Å². The molecule has 8 nitrogen and oxygen atoms in total. The second-order valence-electron chi connectivity index (χ2n) is 8.54. The summed E-state index contributed by atoms with van der Waals surface area (Å²) in [6.45, 7) is 3.67. The molecule has 1 atom stereocenters. The third-order valence-electron chi connectivity index (χ3n) is 5.88. The molecule has 160 valence electrons. The molecule has 0 bridgehead atoms. The van der Waals surface area contributed by atoms with Crippen LogP contribution >= 0.6 is 0 Å². The summed E-state index contributed by atoms with van der Waals surface area (Å²) in [5, 5.41) is 20.0. The number of halogens is 2. The van der Waals surface area contributed by atoms with Crippen molar-refractivity contribution in [2.75, 3.05) is 29.9 Å². The van der Waals surface area contributed by atoms with Gasteiger partial charge >= 0.3 is 0 Å². The molecule has 1 unspecified atom stereocenters. The zero-order valence-corrected chi connectivity index (χ0v) is 17.2. The number of anilines is 3. The van der Waals surface area contributed by atoms with Crippen molar-refractivity contribution in [1.82, 2.24) is 25.1 Å². The van der Waals surface area contributed by atoms with E-state index in [-0.39, 0.29) is 24.3 Å². The Kier molecular flexibility index (Phi) is 5.32. The predicted octanol–water partition coefficient (Wildman–Crippen LogP) is 2.76. The van der Waals surface area contributed by atoms with Gasteiger partial charge in [-0.15, -0.1) is 0 Å². The Bertz CT molecular complexity index is 945. The van der Waals surface area contributed by atoms with E-state index in [1.165, 1.54) is 0 Å². The van der Waals surface area contributed by atoms with Crippen LogP contribution < -0.4 is 15.5 Å². The Morgan fingerprint density at radius 2 is 2.13 bits per heavy atom. The molecule has 30 heavy (non-hydrogen) atoms. The number of rotatable bonds is 7. The van der Waals surface area contributed by atoms with Gasteiger partial charge in [0.15, 0.2) is 0 Å². The zero-order chi connectivity index (χ0) is 21.4. The molecule has 2 aromatic rings. The molecular formula is C20H26F2N8. The van der Waals surface area contributed by atoms with Crippen molar-refractivity contribution < 1.29 is 8.78 Å². The molecule has 0 radical (unpaired) electrons. The first-order chi connectivity index (χ1) is 14.3. The molecule has 2 fully saturated rings. The van der Waals surface area contributed by atoms with E-state index in [0.29, 0.717) is 38.4 Å². The topological polar surface area (TPSA) is 94.7 Å². The van der Waals surface area contributed by atoms with E-state index in [1.807, 2.05) is 20.2 Å². The molecule has 10 heteroatoms. The molecule has 2 aliphatic rings. The normalized spacial score (nSPS) is 21.8. The van der Waals surface area contributed by atoms with Gasteiger partial charge < -0.3 is 15.5 Å². The van der Waals surface area contributed by atoms with Crippen LogP contribution in [0.4, 0.5) is 26.2 Å². The summed E-state index contributed by atoms with van der Waals surface area (Å²) in [5.41, 5.74) is 1.35. The molecular weight excluding hydrogens is 390 g/mol. The van der Waals surface area contributed by atoms with Gasteiger partial charge in [-0.3, -0.25) is 4.68 Å². The molecule has 0 spiro atoms. The summed E-state index contributed by atoms with van der Waals surface area (Å²) in [7, 11) is 1.83. The lowest BCUT2D eigenvalue weighted by atomic mass is 9.85. The van der Waals surface area contributed by atoms with Crippen molar-refractivity contribution in [3.8, 4) is 6.07 Å². The molecule has 2 aromatic heterocycles. The average Bonchev–Trinajstić information content (AvgIpc) is 3.23. The SMILES string of the molecule is Cc1cnc(Nc2cnn(C)c2)nc1N1CC(CC#N)(NCC2CCC(F)(F)C2)C1. The molecule has 4 rings (SSSR count). The summed E-state index contributed by atoms with van der Waals surface area (Å²) in [4.78, 5) is 11.1. The number of aromatic nitrogens is 4. The standard InChI is InChI=1S/C20H26F2N8/c1-14-8-24-18(27-16-10-26-29(2)11-16)28-17(14)30-12-19(13-30,5-6-23)25-9-15-3-4-20(21,22)7-15/h8,10-11,15,25H,3-5,7,9,12-13H2,1-2H3,(H,24,27,28). The van der Waals surface area contributed by atoms with Crippen LogP contribution in [0.2, 0.25) is 0 Å². The Morgan fingerprint density at radius 3 is 2.77 bits per heavy atom. The average molecular weight is 416 g/mol. The third-order valence-corrected chi connectivity index (χ3v) is 5.88. The van der Waals surface area contributed by atoms with E-state index in [9.17, 15) is 14.0 Å². The van der Waals surface area contributed by atoms with Gasteiger partial charge in [0.2, 0.25) is 11.9 Å². The lowest BCUT2D eigenvalue weighted by molar-refractivity contribution is 0.00465.